The molecule has 0 fully saturated rings. The Labute approximate surface area is 114 Å². The van der Waals surface area contributed by atoms with Crippen molar-refractivity contribution in [3.8, 4) is 5.88 Å². The fourth-order valence-corrected chi connectivity index (χ4v) is 1.85. The van der Waals surface area contributed by atoms with Crippen molar-refractivity contribution in [1.29, 1.82) is 0 Å². The second-order valence-electron chi connectivity index (χ2n) is 4.84. The Morgan fingerprint density at radius 2 is 2.26 bits per heavy atom. The van der Waals surface area contributed by atoms with E-state index in [2.05, 4.69) is 24.1 Å². The molecule has 1 amide bonds. The van der Waals surface area contributed by atoms with Crippen LogP contribution in [0.25, 0.3) is 0 Å². The lowest BCUT2D eigenvalue weighted by molar-refractivity contribution is -0.120. The topological polar surface area (TPSA) is 77.2 Å². The quantitative estimate of drug-likeness (QED) is 0.791. The summed E-state index contributed by atoms with van der Waals surface area (Å²) in [6.45, 7) is 6.87. The number of carbonyl (C=O) groups excluding carboxylic acids is 1. The van der Waals surface area contributed by atoms with E-state index in [-0.39, 0.29) is 11.8 Å². The normalized spacial score (nSPS) is 12.3. The molecule has 1 aromatic heterocycles. The first-order chi connectivity index (χ1) is 9.08. The first kappa shape index (κ1) is 15.4. The third-order valence-corrected chi connectivity index (χ3v) is 2.72. The van der Waals surface area contributed by atoms with Gasteiger partial charge in [-0.15, -0.1) is 0 Å². The number of ether oxygens (including phenoxy) is 1. The van der Waals surface area contributed by atoms with E-state index < -0.39 is 0 Å². The Morgan fingerprint density at radius 1 is 1.53 bits per heavy atom. The van der Waals surface area contributed by atoms with Gasteiger partial charge in [-0.05, 0) is 31.4 Å². The smallest absolute Gasteiger partial charge is 0.237 e. The van der Waals surface area contributed by atoms with Gasteiger partial charge in [0.15, 0.2) is 0 Å². The predicted octanol–water partition coefficient (Wildman–Crippen LogP) is 2.04. The second-order valence-corrected chi connectivity index (χ2v) is 4.84. The molecular formula is C14H23N3O2. The van der Waals surface area contributed by atoms with Gasteiger partial charge in [0.2, 0.25) is 11.8 Å². The number of aromatic nitrogens is 1. The fraction of sp³-hybridized carbons (Fsp3) is 0.571. The van der Waals surface area contributed by atoms with Crippen LogP contribution in [0.3, 0.4) is 0 Å². The summed E-state index contributed by atoms with van der Waals surface area (Å²) in [5.41, 5.74) is 6.26. The maximum absolute atomic E-state index is 12.2. The number of nitrogens with two attached hydrogens (primary N) is 1. The second kappa shape index (κ2) is 7.74. The molecule has 0 aliphatic carbocycles. The maximum Gasteiger partial charge on any atom is 0.237 e. The van der Waals surface area contributed by atoms with Gasteiger partial charge in [-0.1, -0.05) is 13.8 Å². The van der Waals surface area contributed by atoms with Crippen LogP contribution >= 0.6 is 0 Å². The first-order valence-corrected chi connectivity index (χ1v) is 6.67. The van der Waals surface area contributed by atoms with Crippen LogP contribution in [0.2, 0.25) is 0 Å². The molecule has 0 radical (unpaired) electrons. The van der Waals surface area contributed by atoms with E-state index in [1.54, 1.807) is 18.3 Å². The third kappa shape index (κ3) is 4.87. The average Bonchev–Trinajstić information content (AvgIpc) is 2.38. The van der Waals surface area contributed by atoms with Gasteiger partial charge >= 0.3 is 0 Å². The van der Waals surface area contributed by atoms with E-state index in [1.165, 1.54) is 0 Å². The van der Waals surface area contributed by atoms with E-state index in [4.69, 9.17) is 10.5 Å². The predicted molar refractivity (Wildman–Crippen MR) is 76.0 cm³/mol. The van der Waals surface area contributed by atoms with Crippen LogP contribution in [0, 0.1) is 11.8 Å². The van der Waals surface area contributed by atoms with E-state index in [1.807, 2.05) is 6.92 Å². The number of amides is 1. The van der Waals surface area contributed by atoms with Crippen molar-refractivity contribution < 1.29 is 9.53 Å². The Bertz CT molecular complexity index is 407. The van der Waals surface area contributed by atoms with Crippen molar-refractivity contribution in [3.05, 3.63) is 18.3 Å². The number of nitrogens with zero attached hydrogens (tertiary/aromatic N) is 1. The molecule has 19 heavy (non-hydrogen) atoms. The lowest BCUT2D eigenvalue weighted by atomic mass is 9.96. The van der Waals surface area contributed by atoms with Gasteiger partial charge in [-0.25, -0.2) is 4.98 Å². The zero-order chi connectivity index (χ0) is 14.3. The molecule has 5 heteroatoms. The van der Waals surface area contributed by atoms with Gasteiger partial charge < -0.3 is 15.8 Å². The molecule has 0 saturated carbocycles. The van der Waals surface area contributed by atoms with Crippen molar-refractivity contribution >= 4 is 11.6 Å². The minimum Gasteiger partial charge on any atom is -0.476 e. The minimum atomic E-state index is -0.185. The molecule has 106 valence electrons. The number of carbonyl (C=O) groups is 1. The zero-order valence-corrected chi connectivity index (χ0v) is 11.8. The Morgan fingerprint density at radius 3 is 2.84 bits per heavy atom. The zero-order valence-electron chi connectivity index (χ0n) is 11.8. The monoisotopic (exact) mass is 265 g/mol. The molecule has 1 rings (SSSR count). The highest BCUT2D eigenvalue weighted by Crippen LogP contribution is 2.22. The Hall–Kier alpha value is -1.62. The maximum atomic E-state index is 12.2. The third-order valence-electron chi connectivity index (χ3n) is 2.72. The van der Waals surface area contributed by atoms with Crippen molar-refractivity contribution in [2.75, 3.05) is 18.5 Å². The molecule has 3 N–H and O–H groups in total. The van der Waals surface area contributed by atoms with Crippen LogP contribution in [-0.4, -0.2) is 24.0 Å². The number of hydrogen-bond donors (Lipinski definition) is 2. The molecule has 0 aliphatic heterocycles. The Balaban J connectivity index is 2.75. The van der Waals surface area contributed by atoms with Gasteiger partial charge in [0.1, 0.15) is 5.69 Å². The van der Waals surface area contributed by atoms with Gasteiger partial charge in [0, 0.05) is 12.7 Å². The molecule has 0 aliphatic rings. The molecule has 0 spiro atoms. The van der Waals surface area contributed by atoms with E-state index >= 15 is 0 Å². The molecule has 0 bridgehead atoms. The minimum absolute atomic E-state index is 0.0786. The summed E-state index contributed by atoms with van der Waals surface area (Å²) >= 11 is 0. The van der Waals surface area contributed by atoms with Gasteiger partial charge in [-0.3, -0.25) is 4.79 Å². The molecule has 5 nitrogen and oxygen atoms in total. The largest absolute Gasteiger partial charge is 0.476 e. The van der Waals surface area contributed by atoms with Gasteiger partial charge in [-0.2, -0.15) is 0 Å². The average molecular weight is 265 g/mol. The summed E-state index contributed by atoms with van der Waals surface area (Å²) in [5.74, 6) is 0.609. The summed E-state index contributed by atoms with van der Waals surface area (Å²) < 4.78 is 5.38. The van der Waals surface area contributed by atoms with Crippen LogP contribution in [0.15, 0.2) is 18.3 Å². The summed E-state index contributed by atoms with van der Waals surface area (Å²) in [6.07, 6.45) is 2.40. The highest BCUT2D eigenvalue weighted by Gasteiger charge is 2.19. The van der Waals surface area contributed by atoms with Crippen molar-refractivity contribution in [2.24, 2.45) is 17.6 Å². The molecule has 0 saturated heterocycles. The molecule has 1 atom stereocenters. The molecule has 1 heterocycles. The fourth-order valence-electron chi connectivity index (χ4n) is 1.85. The highest BCUT2D eigenvalue weighted by atomic mass is 16.5. The van der Waals surface area contributed by atoms with Crippen molar-refractivity contribution in [1.82, 2.24) is 4.98 Å². The van der Waals surface area contributed by atoms with Crippen LogP contribution < -0.4 is 15.8 Å². The van der Waals surface area contributed by atoms with Gasteiger partial charge in [0.05, 0.1) is 12.5 Å². The van der Waals surface area contributed by atoms with E-state index in [0.29, 0.717) is 30.6 Å². The van der Waals surface area contributed by atoms with Crippen molar-refractivity contribution in [2.45, 2.75) is 27.2 Å². The van der Waals surface area contributed by atoms with E-state index in [0.717, 1.165) is 6.42 Å². The van der Waals surface area contributed by atoms with Gasteiger partial charge in [0.25, 0.3) is 0 Å². The lowest BCUT2D eigenvalue weighted by Crippen LogP contribution is -2.30. The van der Waals surface area contributed by atoms with Crippen LogP contribution in [0.4, 0.5) is 5.69 Å². The molecule has 1 aromatic rings. The van der Waals surface area contributed by atoms with Crippen LogP contribution in [0.5, 0.6) is 5.88 Å². The molecular weight excluding hydrogens is 242 g/mol. The number of pyridine rings is 1. The number of nitrogens with one attached hydrogen (secondary N) is 1. The van der Waals surface area contributed by atoms with Crippen molar-refractivity contribution in [3.63, 3.8) is 0 Å². The highest BCUT2D eigenvalue weighted by molar-refractivity contribution is 5.93. The van der Waals surface area contributed by atoms with Crippen LogP contribution in [0.1, 0.15) is 27.2 Å². The first-order valence-electron chi connectivity index (χ1n) is 6.67. The number of anilines is 1. The number of hydrogen-bond acceptors (Lipinski definition) is 4. The SMILES string of the molecule is CCOc1ncccc1NC(=O)C(CN)CC(C)C. The standard InChI is InChI=1S/C14H23N3O2/c1-4-19-14-12(6-5-7-16-14)17-13(18)11(9-15)8-10(2)3/h5-7,10-11H,4,8-9,15H2,1-3H3,(H,17,18). The summed E-state index contributed by atoms with van der Waals surface area (Å²) in [4.78, 5) is 16.3. The molecule has 1 unspecified atom stereocenters. The summed E-state index contributed by atoms with van der Waals surface area (Å²) in [6, 6.07) is 3.54. The van der Waals surface area contributed by atoms with Crippen LogP contribution in [-0.2, 0) is 4.79 Å². The Kier molecular flexibility index (Phi) is 6.29. The molecule has 0 aromatic carbocycles. The summed E-state index contributed by atoms with van der Waals surface area (Å²) in [7, 11) is 0. The summed E-state index contributed by atoms with van der Waals surface area (Å²) in [5, 5.41) is 2.85. The lowest BCUT2D eigenvalue weighted by Gasteiger charge is -2.17. The van der Waals surface area contributed by atoms with E-state index in [9.17, 15) is 4.79 Å². The number of rotatable bonds is 7.